The van der Waals surface area contributed by atoms with Gasteiger partial charge in [0.05, 0.1) is 0 Å². The van der Waals surface area contributed by atoms with Crippen LogP contribution in [0.5, 0.6) is 5.75 Å². The highest BCUT2D eigenvalue weighted by molar-refractivity contribution is 5.35. The second-order valence-corrected chi connectivity index (χ2v) is 8.47. The van der Waals surface area contributed by atoms with Gasteiger partial charge in [-0.15, -0.1) is 0 Å². The van der Waals surface area contributed by atoms with Gasteiger partial charge in [0, 0.05) is 0 Å². The summed E-state index contributed by atoms with van der Waals surface area (Å²) in [6.45, 7) is 6.88. The third kappa shape index (κ3) is 10.2. The van der Waals surface area contributed by atoms with Gasteiger partial charge in [-0.3, -0.25) is 0 Å². The van der Waals surface area contributed by atoms with Gasteiger partial charge in [0.25, 0.3) is 0 Å². The van der Waals surface area contributed by atoms with Crippen molar-refractivity contribution in [2.24, 2.45) is 5.92 Å². The fraction of sp³-hybridized carbons (Fsp3) is 0.769. The molecule has 0 bridgehead atoms. The Morgan fingerprint density at radius 1 is 0.630 bits per heavy atom. The highest BCUT2D eigenvalue weighted by Crippen LogP contribution is 2.40. The Morgan fingerprint density at radius 3 is 1.78 bits per heavy atom. The van der Waals surface area contributed by atoms with Gasteiger partial charge in [-0.1, -0.05) is 122 Å². The largest absolute Gasteiger partial charge is 0.508 e. The fourth-order valence-corrected chi connectivity index (χ4v) is 4.52. The average Bonchev–Trinajstić information content (AvgIpc) is 2.67. The molecule has 0 aromatic heterocycles. The predicted octanol–water partition coefficient (Wildman–Crippen LogP) is 9.00. The molecule has 1 heteroatoms. The lowest BCUT2D eigenvalue weighted by Gasteiger charge is -2.28. The first-order valence-corrected chi connectivity index (χ1v) is 12.0. The summed E-state index contributed by atoms with van der Waals surface area (Å²) < 4.78 is 0. The number of para-hydroxylation sites is 1. The van der Waals surface area contributed by atoms with Crippen molar-refractivity contribution in [3.63, 3.8) is 0 Å². The van der Waals surface area contributed by atoms with Gasteiger partial charge in [0.2, 0.25) is 0 Å². The van der Waals surface area contributed by atoms with Crippen LogP contribution in [0.25, 0.3) is 0 Å². The summed E-state index contributed by atoms with van der Waals surface area (Å²) in [7, 11) is 0. The second-order valence-electron chi connectivity index (χ2n) is 8.47. The van der Waals surface area contributed by atoms with E-state index in [0.717, 1.165) is 5.92 Å². The Labute approximate surface area is 170 Å². The Morgan fingerprint density at radius 2 is 1.19 bits per heavy atom. The standard InChI is InChI=1S/C26H46O/c1-4-7-9-11-13-15-20-24(25-21-16-17-22-26(25)27)23(18-6-3)19-14-12-10-8-5-2/h16-17,21-24,27H,4-15,18-20H2,1-3H3. The van der Waals surface area contributed by atoms with Crippen LogP contribution in [0.4, 0.5) is 0 Å². The summed E-state index contributed by atoms with van der Waals surface area (Å²) in [5.74, 6) is 1.77. The molecule has 1 N–H and O–H groups in total. The molecule has 0 amide bonds. The quantitative estimate of drug-likeness (QED) is 0.270. The van der Waals surface area contributed by atoms with Crippen LogP contribution in [-0.4, -0.2) is 5.11 Å². The maximum Gasteiger partial charge on any atom is 0.119 e. The molecular weight excluding hydrogens is 328 g/mol. The van der Waals surface area contributed by atoms with E-state index in [1.807, 2.05) is 12.1 Å². The molecule has 0 saturated carbocycles. The molecule has 0 saturated heterocycles. The number of phenols is 1. The van der Waals surface area contributed by atoms with Crippen molar-refractivity contribution in [1.82, 2.24) is 0 Å². The minimum atomic E-state index is 0.514. The van der Waals surface area contributed by atoms with E-state index in [2.05, 4.69) is 32.9 Å². The summed E-state index contributed by atoms with van der Waals surface area (Å²) in [4.78, 5) is 0. The maximum atomic E-state index is 10.5. The molecule has 156 valence electrons. The third-order valence-corrected chi connectivity index (χ3v) is 6.11. The van der Waals surface area contributed by atoms with Gasteiger partial charge in [-0.2, -0.15) is 0 Å². The minimum Gasteiger partial charge on any atom is -0.508 e. The molecule has 1 aromatic rings. The number of hydrogen-bond acceptors (Lipinski definition) is 1. The number of aromatic hydroxyl groups is 1. The van der Waals surface area contributed by atoms with Crippen molar-refractivity contribution in [3.8, 4) is 5.75 Å². The van der Waals surface area contributed by atoms with E-state index in [-0.39, 0.29) is 0 Å². The highest BCUT2D eigenvalue weighted by Gasteiger charge is 2.24. The molecule has 1 nitrogen and oxygen atoms in total. The van der Waals surface area contributed by atoms with Crippen LogP contribution >= 0.6 is 0 Å². The van der Waals surface area contributed by atoms with Gasteiger partial charge >= 0.3 is 0 Å². The molecule has 0 radical (unpaired) electrons. The number of phenolic OH excluding ortho intramolecular Hbond substituents is 1. The number of benzene rings is 1. The van der Waals surface area contributed by atoms with Crippen molar-refractivity contribution < 1.29 is 5.11 Å². The zero-order chi connectivity index (χ0) is 19.7. The van der Waals surface area contributed by atoms with Gasteiger partial charge in [0.1, 0.15) is 5.75 Å². The van der Waals surface area contributed by atoms with Crippen LogP contribution in [0.15, 0.2) is 24.3 Å². The van der Waals surface area contributed by atoms with Gasteiger partial charge in [-0.05, 0) is 36.3 Å². The van der Waals surface area contributed by atoms with E-state index in [1.165, 1.54) is 102 Å². The first-order chi connectivity index (χ1) is 13.2. The number of hydrogen-bond donors (Lipinski definition) is 1. The summed E-state index contributed by atoms with van der Waals surface area (Å²) in [6, 6.07) is 8.12. The first kappa shape index (κ1) is 24.1. The molecular formula is C26H46O. The Bertz CT molecular complexity index is 453. The second kappa shape index (κ2) is 16.0. The van der Waals surface area contributed by atoms with E-state index in [1.54, 1.807) is 0 Å². The molecule has 2 unspecified atom stereocenters. The number of rotatable bonds is 17. The fourth-order valence-electron chi connectivity index (χ4n) is 4.52. The van der Waals surface area contributed by atoms with Crippen LogP contribution in [-0.2, 0) is 0 Å². The molecule has 0 heterocycles. The lowest BCUT2D eigenvalue weighted by Crippen LogP contribution is -2.14. The predicted molar refractivity (Wildman–Crippen MR) is 121 cm³/mol. The van der Waals surface area contributed by atoms with Crippen molar-refractivity contribution in [2.45, 2.75) is 123 Å². The Kier molecular flexibility index (Phi) is 14.3. The Balaban J connectivity index is 2.68. The van der Waals surface area contributed by atoms with Crippen LogP contribution in [0.3, 0.4) is 0 Å². The van der Waals surface area contributed by atoms with Gasteiger partial charge < -0.3 is 5.11 Å². The minimum absolute atomic E-state index is 0.514. The van der Waals surface area contributed by atoms with E-state index < -0.39 is 0 Å². The van der Waals surface area contributed by atoms with E-state index in [9.17, 15) is 5.11 Å². The molecule has 0 aliphatic carbocycles. The molecule has 0 aliphatic rings. The van der Waals surface area contributed by atoms with Crippen molar-refractivity contribution >= 4 is 0 Å². The summed E-state index contributed by atoms with van der Waals surface area (Å²) in [5, 5.41) is 10.5. The van der Waals surface area contributed by atoms with Gasteiger partial charge in [0.15, 0.2) is 0 Å². The molecule has 1 rings (SSSR count). The molecule has 0 aliphatic heterocycles. The van der Waals surface area contributed by atoms with E-state index >= 15 is 0 Å². The average molecular weight is 375 g/mol. The normalized spacial score (nSPS) is 13.6. The molecule has 27 heavy (non-hydrogen) atoms. The van der Waals surface area contributed by atoms with Crippen molar-refractivity contribution in [2.75, 3.05) is 0 Å². The lowest BCUT2D eigenvalue weighted by atomic mass is 9.77. The molecule has 0 fully saturated rings. The van der Waals surface area contributed by atoms with Crippen molar-refractivity contribution in [3.05, 3.63) is 29.8 Å². The van der Waals surface area contributed by atoms with Crippen LogP contribution in [0.1, 0.15) is 129 Å². The first-order valence-electron chi connectivity index (χ1n) is 12.0. The monoisotopic (exact) mass is 374 g/mol. The topological polar surface area (TPSA) is 20.2 Å². The zero-order valence-corrected chi connectivity index (χ0v) is 18.5. The third-order valence-electron chi connectivity index (χ3n) is 6.11. The lowest BCUT2D eigenvalue weighted by molar-refractivity contribution is 0.321. The van der Waals surface area contributed by atoms with Crippen molar-refractivity contribution in [1.29, 1.82) is 0 Å². The molecule has 2 atom stereocenters. The maximum absolute atomic E-state index is 10.5. The zero-order valence-electron chi connectivity index (χ0n) is 18.5. The summed E-state index contributed by atoms with van der Waals surface area (Å²) in [6.07, 6.45) is 20.0. The molecule has 1 aromatic carbocycles. The summed E-state index contributed by atoms with van der Waals surface area (Å²) in [5.41, 5.74) is 1.21. The highest BCUT2D eigenvalue weighted by atomic mass is 16.3. The van der Waals surface area contributed by atoms with E-state index in [4.69, 9.17) is 0 Å². The SMILES string of the molecule is CCCCCCCCC(c1ccccc1O)C(CCC)CCCCCCC. The van der Waals surface area contributed by atoms with E-state index in [0.29, 0.717) is 11.7 Å². The summed E-state index contributed by atoms with van der Waals surface area (Å²) >= 11 is 0. The number of unbranched alkanes of at least 4 members (excludes halogenated alkanes) is 9. The van der Waals surface area contributed by atoms with Crippen LogP contribution in [0.2, 0.25) is 0 Å². The molecule has 0 spiro atoms. The van der Waals surface area contributed by atoms with Gasteiger partial charge in [-0.25, -0.2) is 0 Å². The van der Waals surface area contributed by atoms with Crippen LogP contribution in [0, 0.1) is 5.92 Å². The Hall–Kier alpha value is -0.980. The smallest absolute Gasteiger partial charge is 0.119 e. The van der Waals surface area contributed by atoms with Crippen LogP contribution < -0.4 is 0 Å².